The molecule has 0 saturated carbocycles. The molecule has 2 aromatic rings. The highest BCUT2D eigenvalue weighted by atomic mass is 127. The minimum absolute atomic E-state index is 0. The lowest BCUT2D eigenvalue weighted by Gasteiger charge is -2.14. The first-order valence-corrected chi connectivity index (χ1v) is 11.1. The fraction of sp³-hybridized carbons (Fsp3) is 0.312. The number of benzene rings is 1. The van der Waals surface area contributed by atoms with Crippen molar-refractivity contribution in [1.82, 2.24) is 10.6 Å². The Morgan fingerprint density at radius 3 is 2.50 bits per heavy atom. The lowest BCUT2D eigenvalue weighted by Crippen LogP contribution is -2.36. The van der Waals surface area contributed by atoms with Crippen LogP contribution in [0.5, 0.6) is 0 Å². The normalized spacial score (nSPS) is 11.8. The Kier molecular flexibility index (Phi) is 9.48. The minimum atomic E-state index is -3.20. The van der Waals surface area contributed by atoms with E-state index in [2.05, 4.69) is 31.6 Å². The van der Waals surface area contributed by atoms with Gasteiger partial charge in [-0.3, -0.25) is 4.99 Å². The first kappa shape index (κ1) is 23.3. The molecule has 0 spiro atoms. The van der Waals surface area contributed by atoms with E-state index in [-0.39, 0.29) is 36.3 Å². The molecular formula is C16H20BrFIN3O2S2. The third kappa shape index (κ3) is 7.89. The molecule has 2 rings (SSSR count). The highest BCUT2D eigenvalue weighted by molar-refractivity contribution is 14.0. The minimum Gasteiger partial charge on any atom is -0.352 e. The Labute approximate surface area is 182 Å². The smallest absolute Gasteiger partial charge is 0.191 e. The molecule has 5 nitrogen and oxygen atoms in total. The molecule has 0 bridgehead atoms. The Morgan fingerprint density at radius 2 is 1.92 bits per heavy atom. The first-order chi connectivity index (χ1) is 11.8. The van der Waals surface area contributed by atoms with Crippen molar-refractivity contribution >= 4 is 67.0 Å². The number of halogens is 3. The van der Waals surface area contributed by atoms with Crippen LogP contribution in [0.1, 0.15) is 16.0 Å². The molecular weight excluding hydrogens is 556 g/mol. The van der Waals surface area contributed by atoms with Crippen LogP contribution in [0, 0.1) is 5.82 Å². The Morgan fingerprint density at radius 1 is 1.23 bits per heavy atom. The van der Waals surface area contributed by atoms with Crippen LogP contribution in [0.3, 0.4) is 0 Å². The molecule has 0 aliphatic rings. The van der Waals surface area contributed by atoms with Crippen molar-refractivity contribution in [3.05, 3.63) is 55.9 Å². The summed E-state index contributed by atoms with van der Waals surface area (Å²) in [5, 5.41) is 8.25. The molecule has 2 N–H and O–H groups in total. The van der Waals surface area contributed by atoms with Gasteiger partial charge in [0.1, 0.15) is 5.82 Å². The van der Waals surface area contributed by atoms with Gasteiger partial charge in [-0.25, -0.2) is 12.8 Å². The largest absolute Gasteiger partial charge is 0.352 e. The number of thiophene rings is 1. The zero-order valence-electron chi connectivity index (χ0n) is 14.3. The standard InChI is InChI=1S/C16H19BrFN3O2S2.HI/c1-19-16(21-8-15-6-13(17)9-24-15)20-7-12-5-14(18)4-3-11(12)10-25(2,22)23;/h3-6,9H,7-8,10H2,1-2H3,(H2,19,20,21);1H. The summed E-state index contributed by atoms with van der Waals surface area (Å²) in [5.74, 6) is 0.0269. The third-order valence-corrected chi connectivity index (χ3v) is 5.84. The van der Waals surface area contributed by atoms with Crippen molar-refractivity contribution in [1.29, 1.82) is 0 Å². The van der Waals surface area contributed by atoms with E-state index in [1.807, 2.05) is 11.4 Å². The average molecular weight is 576 g/mol. The number of aliphatic imine (C=N–C) groups is 1. The molecule has 0 radical (unpaired) electrons. The van der Waals surface area contributed by atoms with Gasteiger partial charge in [-0.05, 0) is 45.3 Å². The predicted molar refractivity (Wildman–Crippen MR) is 119 cm³/mol. The maximum atomic E-state index is 13.5. The lowest BCUT2D eigenvalue weighted by molar-refractivity contribution is 0.599. The van der Waals surface area contributed by atoms with Crippen LogP contribution in [0.25, 0.3) is 0 Å². The van der Waals surface area contributed by atoms with Crippen molar-refractivity contribution in [2.45, 2.75) is 18.8 Å². The topological polar surface area (TPSA) is 70.6 Å². The van der Waals surface area contributed by atoms with Crippen LogP contribution >= 0.6 is 51.2 Å². The molecule has 10 heteroatoms. The fourth-order valence-electron chi connectivity index (χ4n) is 2.20. The zero-order chi connectivity index (χ0) is 18.4. The molecule has 1 heterocycles. The van der Waals surface area contributed by atoms with E-state index in [1.54, 1.807) is 18.4 Å². The molecule has 1 aromatic heterocycles. The number of rotatable bonds is 6. The van der Waals surface area contributed by atoms with Gasteiger partial charge < -0.3 is 10.6 Å². The molecule has 1 aromatic carbocycles. The summed E-state index contributed by atoms with van der Waals surface area (Å²) in [5.41, 5.74) is 1.17. The first-order valence-electron chi connectivity index (χ1n) is 7.39. The summed E-state index contributed by atoms with van der Waals surface area (Å²) in [7, 11) is -1.56. The second-order valence-electron chi connectivity index (χ2n) is 5.49. The number of hydrogen-bond donors (Lipinski definition) is 2. The van der Waals surface area contributed by atoms with E-state index in [9.17, 15) is 12.8 Å². The SMILES string of the molecule is CN=C(NCc1cc(Br)cs1)NCc1cc(F)ccc1CS(C)(=O)=O.I. The van der Waals surface area contributed by atoms with Crippen molar-refractivity contribution in [3.8, 4) is 0 Å². The van der Waals surface area contributed by atoms with E-state index in [0.29, 0.717) is 23.6 Å². The summed E-state index contributed by atoms with van der Waals surface area (Å²) in [6, 6.07) is 6.14. The monoisotopic (exact) mass is 575 g/mol. The maximum absolute atomic E-state index is 13.5. The van der Waals surface area contributed by atoms with Gasteiger partial charge in [0.15, 0.2) is 15.8 Å². The van der Waals surface area contributed by atoms with Crippen molar-refractivity contribution in [2.75, 3.05) is 13.3 Å². The summed E-state index contributed by atoms with van der Waals surface area (Å²) in [4.78, 5) is 5.26. The molecule has 0 saturated heterocycles. The van der Waals surface area contributed by atoms with Gasteiger partial charge in [-0.2, -0.15) is 0 Å². The second kappa shape index (κ2) is 10.6. The average Bonchev–Trinajstić information content (AvgIpc) is 2.94. The second-order valence-corrected chi connectivity index (χ2v) is 9.55. The van der Waals surface area contributed by atoms with E-state index in [4.69, 9.17) is 0 Å². The van der Waals surface area contributed by atoms with Gasteiger partial charge in [-0.15, -0.1) is 35.3 Å². The van der Waals surface area contributed by atoms with Crippen LogP contribution in [0.4, 0.5) is 4.39 Å². The molecule has 26 heavy (non-hydrogen) atoms. The Balaban J connectivity index is 0.00000338. The summed E-state index contributed by atoms with van der Waals surface area (Å²) in [6.07, 6.45) is 1.16. The van der Waals surface area contributed by atoms with Gasteiger partial charge in [0.25, 0.3) is 0 Å². The lowest BCUT2D eigenvalue weighted by atomic mass is 10.1. The number of sulfone groups is 1. The van der Waals surface area contributed by atoms with Crippen LogP contribution in [-0.4, -0.2) is 27.7 Å². The molecule has 0 amide bonds. The van der Waals surface area contributed by atoms with Crippen LogP contribution in [0.15, 0.2) is 39.1 Å². The molecule has 0 unspecified atom stereocenters. The zero-order valence-corrected chi connectivity index (χ0v) is 19.8. The van der Waals surface area contributed by atoms with Crippen LogP contribution in [-0.2, 0) is 28.7 Å². The molecule has 144 valence electrons. The summed E-state index contributed by atoms with van der Waals surface area (Å²) < 4.78 is 37.6. The number of nitrogens with one attached hydrogen (secondary N) is 2. The third-order valence-electron chi connectivity index (χ3n) is 3.31. The highest BCUT2D eigenvalue weighted by Crippen LogP contribution is 2.19. The van der Waals surface area contributed by atoms with Crippen molar-refractivity contribution in [3.63, 3.8) is 0 Å². The number of nitrogens with zero attached hydrogens (tertiary/aromatic N) is 1. The number of hydrogen-bond acceptors (Lipinski definition) is 4. The van der Waals surface area contributed by atoms with E-state index in [0.717, 1.165) is 15.6 Å². The quantitative estimate of drug-likeness (QED) is 0.313. The Hall–Kier alpha value is -0.720. The van der Waals surface area contributed by atoms with Gasteiger partial charge in [-0.1, -0.05) is 6.07 Å². The molecule has 0 aliphatic carbocycles. The van der Waals surface area contributed by atoms with Crippen molar-refractivity contribution in [2.24, 2.45) is 4.99 Å². The van der Waals surface area contributed by atoms with E-state index >= 15 is 0 Å². The van der Waals surface area contributed by atoms with Crippen LogP contribution < -0.4 is 10.6 Å². The molecule has 0 atom stereocenters. The Bertz CT molecular complexity index is 872. The maximum Gasteiger partial charge on any atom is 0.191 e. The molecule has 0 aliphatic heterocycles. The van der Waals surface area contributed by atoms with Crippen molar-refractivity contribution < 1.29 is 12.8 Å². The van der Waals surface area contributed by atoms with Gasteiger partial charge in [0, 0.05) is 34.6 Å². The summed E-state index contributed by atoms with van der Waals surface area (Å²) >= 11 is 5.03. The van der Waals surface area contributed by atoms with E-state index < -0.39 is 15.7 Å². The summed E-state index contributed by atoms with van der Waals surface area (Å²) in [6.45, 7) is 0.881. The van der Waals surface area contributed by atoms with Crippen LogP contribution in [0.2, 0.25) is 0 Å². The van der Waals surface area contributed by atoms with Gasteiger partial charge in [0.05, 0.1) is 12.3 Å². The fourth-order valence-corrected chi connectivity index (χ4v) is 4.44. The highest BCUT2D eigenvalue weighted by Gasteiger charge is 2.11. The van der Waals surface area contributed by atoms with Gasteiger partial charge in [0.2, 0.25) is 0 Å². The number of guanidine groups is 1. The molecule has 0 fully saturated rings. The van der Waals surface area contributed by atoms with Gasteiger partial charge >= 0.3 is 0 Å². The predicted octanol–water partition coefficient (Wildman–Crippen LogP) is 3.68. The van der Waals surface area contributed by atoms with E-state index in [1.165, 1.54) is 18.2 Å².